The number of carbonyl (C=O) groups is 1. The molecular weight excluding hydrogens is 236 g/mol. The fourth-order valence-electron chi connectivity index (χ4n) is 0.954. The van der Waals surface area contributed by atoms with Gasteiger partial charge in [0.1, 0.15) is 10.2 Å². The summed E-state index contributed by atoms with van der Waals surface area (Å²) in [5, 5.41) is 4.05. The first-order chi connectivity index (χ1) is 6.07. The van der Waals surface area contributed by atoms with Crippen molar-refractivity contribution in [1.29, 1.82) is 0 Å². The van der Waals surface area contributed by atoms with E-state index in [1.807, 2.05) is 13.8 Å². The number of hydrogen-bond donors (Lipinski definition) is 0. The van der Waals surface area contributed by atoms with Crippen LogP contribution in [0.5, 0.6) is 0 Å². The van der Waals surface area contributed by atoms with E-state index in [4.69, 9.17) is 0 Å². The van der Waals surface area contributed by atoms with Crippen LogP contribution in [0.25, 0.3) is 0 Å². The van der Waals surface area contributed by atoms with E-state index in [9.17, 15) is 4.79 Å². The summed E-state index contributed by atoms with van der Waals surface area (Å²) in [6, 6.07) is 0.216. The molecule has 0 aliphatic heterocycles. The molecule has 0 bridgehead atoms. The van der Waals surface area contributed by atoms with E-state index in [1.165, 1.54) is 13.3 Å². The van der Waals surface area contributed by atoms with E-state index in [0.717, 1.165) is 0 Å². The van der Waals surface area contributed by atoms with Crippen LogP contribution in [0, 0.1) is 0 Å². The largest absolute Gasteiger partial charge is 0.465 e. The summed E-state index contributed by atoms with van der Waals surface area (Å²) in [6.45, 7) is 3.97. The second kappa shape index (κ2) is 3.91. The summed E-state index contributed by atoms with van der Waals surface area (Å²) in [5.41, 5.74) is 0.455. The summed E-state index contributed by atoms with van der Waals surface area (Å²) in [4.78, 5) is 11.2. The average molecular weight is 247 g/mol. The van der Waals surface area contributed by atoms with Gasteiger partial charge >= 0.3 is 5.97 Å². The number of ether oxygens (including phenoxy) is 1. The van der Waals surface area contributed by atoms with Crippen LogP contribution < -0.4 is 0 Å². The van der Waals surface area contributed by atoms with Crippen LogP contribution in [0.3, 0.4) is 0 Å². The third-order valence-electron chi connectivity index (χ3n) is 1.63. The maximum atomic E-state index is 11.2. The summed E-state index contributed by atoms with van der Waals surface area (Å²) in [6.07, 6.45) is 1.50. The van der Waals surface area contributed by atoms with Crippen molar-refractivity contribution >= 4 is 21.9 Å². The van der Waals surface area contributed by atoms with E-state index in [1.54, 1.807) is 4.68 Å². The highest BCUT2D eigenvalue weighted by Gasteiger charge is 2.16. The van der Waals surface area contributed by atoms with Crippen LogP contribution in [-0.2, 0) is 4.74 Å². The second-order valence-electron chi connectivity index (χ2n) is 2.88. The second-order valence-corrected chi connectivity index (χ2v) is 3.63. The Balaban J connectivity index is 3.06. The highest BCUT2D eigenvalue weighted by molar-refractivity contribution is 9.10. The average Bonchev–Trinajstić information content (AvgIpc) is 2.46. The van der Waals surface area contributed by atoms with E-state index < -0.39 is 0 Å². The van der Waals surface area contributed by atoms with Crippen LogP contribution in [0.1, 0.15) is 30.2 Å². The fraction of sp³-hybridized carbons (Fsp3) is 0.500. The molecule has 0 aromatic carbocycles. The van der Waals surface area contributed by atoms with Gasteiger partial charge in [-0.15, -0.1) is 0 Å². The molecule has 0 saturated carbocycles. The lowest BCUT2D eigenvalue weighted by atomic mass is 10.3. The molecule has 0 radical (unpaired) electrons. The Morgan fingerprint density at radius 1 is 1.69 bits per heavy atom. The van der Waals surface area contributed by atoms with Gasteiger partial charge in [-0.25, -0.2) is 4.79 Å². The van der Waals surface area contributed by atoms with Crippen molar-refractivity contribution in [2.45, 2.75) is 19.9 Å². The molecule has 0 aliphatic rings. The number of nitrogens with zero attached hydrogens (tertiary/aromatic N) is 2. The number of methoxy groups -OCH3 is 1. The van der Waals surface area contributed by atoms with Crippen molar-refractivity contribution in [1.82, 2.24) is 9.78 Å². The summed E-state index contributed by atoms with van der Waals surface area (Å²) >= 11 is 3.29. The predicted molar refractivity (Wildman–Crippen MR) is 51.7 cm³/mol. The van der Waals surface area contributed by atoms with Crippen LogP contribution in [-0.4, -0.2) is 22.9 Å². The standard InChI is InChI=1S/C8H11BrN2O2/c1-5(2)11-7(9)6(4-10-11)8(12)13-3/h4-5H,1-3H3. The Morgan fingerprint density at radius 3 is 2.69 bits per heavy atom. The van der Waals surface area contributed by atoms with Gasteiger partial charge in [-0.2, -0.15) is 5.10 Å². The van der Waals surface area contributed by atoms with Crippen LogP contribution in [0.2, 0.25) is 0 Å². The van der Waals surface area contributed by atoms with Crippen LogP contribution in [0.15, 0.2) is 10.8 Å². The zero-order valence-electron chi connectivity index (χ0n) is 7.74. The summed E-state index contributed by atoms with van der Waals surface area (Å²) < 4.78 is 6.96. The van der Waals surface area contributed by atoms with E-state index in [-0.39, 0.29) is 12.0 Å². The number of hydrogen-bond acceptors (Lipinski definition) is 3. The van der Waals surface area contributed by atoms with Crippen molar-refractivity contribution in [3.8, 4) is 0 Å². The quantitative estimate of drug-likeness (QED) is 0.751. The molecule has 1 rings (SSSR count). The molecule has 13 heavy (non-hydrogen) atoms. The van der Waals surface area contributed by atoms with Gasteiger partial charge in [-0.1, -0.05) is 0 Å². The molecule has 0 N–H and O–H groups in total. The molecule has 1 heterocycles. The minimum absolute atomic E-state index is 0.216. The molecule has 72 valence electrons. The number of esters is 1. The van der Waals surface area contributed by atoms with Gasteiger partial charge in [-0.3, -0.25) is 4.68 Å². The Labute approximate surface area is 85.0 Å². The minimum atomic E-state index is -0.376. The molecule has 0 saturated heterocycles. The normalized spacial score (nSPS) is 10.5. The zero-order chi connectivity index (χ0) is 10.0. The lowest BCUT2D eigenvalue weighted by Crippen LogP contribution is -2.05. The first-order valence-electron chi connectivity index (χ1n) is 3.89. The molecule has 0 atom stereocenters. The molecule has 1 aromatic heterocycles. The smallest absolute Gasteiger partial charge is 0.342 e. The van der Waals surface area contributed by atoms with E-state index in [2.05, 4.69) is 25.8 Å². The Bertz CT molecular complexity index is 320. The summed E-state index contributed by atoms with van der Waals surface area (Å²) in [5.74, 6) is -0.376. The van der Waals surface area contributed by atoms with Gasteiger partial charge in [0.15, 0.2) is 0 Å². The van der Waals surface area contributed by atoms with E-state index >= 15 is 0 Å². The number of carbonyl (C=O) groups excluding carboxylic acids is 1. The molecule has 0 spiro atoms. The van der Waals surface area contributed by atoms with Crippen molar-refractivity contribution in [3.05, 3.63) is 16.4 Å². The minimum Gasteiger partial charge on any atom is -0.465 e. The topological polar surface area (TPSA) is 44.1 Å². The molecule has 4 nitrogen and oxygen atoms in total. The van der Waals surface area contributed by atoms with Crippen molar-refractivity contribution in [2.75, 3.05) is 7.11 Å². The van der Waals surface area contributed by atoms with Gasteiger partial charge in [0, 0.05) is 6.04 Å². The van der Waals surface area contributed by atoms with Gasteiger partial charge < -0.3 is 4.74 Å². The monoisotopic (exact) mass is 246 g/mol. The maximum Gasteiger partial charge on any atom is 0.342 e. The maximum absolute atomic E-state index is 11.2. The number of aromatic nitrogens is 2. The molecule has 0 aliphatic carbocycles. The van der Waals surface area contributed by atoms with Crippen LogP contribution >= 0.6 is 15.9 Å². The Hall–Kier alpha value is -0.840. The van der Waals surface area contributed by atoms with Crippen molar-refractivity contribution in [2.24, 2.45) is 0 Å². The molecule has 0 unspecified atom stereocenters. The lowest BCUT2D eigenvalue weighted by Gasteiger charge is -2.06. The Morgan fingerprint density at radius 2 is 2.31 bits per heavy atom. The molecule has 1 aromatic rings. The molecule has 0 amide bonds. The fourth-order valence-corrected chi connectivity index (χ4v) is 1.72. The molecular formula is C8H11BrN2O2. The zero-order valence-corrected chi connectivity index (χ0v) is 9.33. The third kappa shape index (κ3) is 1.91. The van der Waals surface area contributed by atoms with E-state index in [0.29, 0.717) is 10.2 Å². The number of rotatable bonds is 2. The third-order valence-corrected chi connectivity index (χ3v) is 2.42. The highest BCUT2D eigenvalue weighted by Crippen LogP contribution is 2.20. The lowest BCUT2D eigenvalue weighted by molar-refractivity contribution is 0.0599. The summed E-state index contributed by atoms with van der Waals surface area (Å²) in [7, 11) is 1.35. The molecule has 5 heteroatoms. The SMILES string of the molecule is COC(=O)c1cnn(C(C)C)c1Br. The van der Waals surface area contributed by atoms with Crippen LogP contribution in [0.4, 0.5) is 0 Å². The van der Waals surface area contributed by atoms with Gasteiger partial charge in [-0.05, 0) is 29.8 Å². The van der Waals surface area contributed by atoms with Gasteiger partial charge in [0.25, 0.3) is 0 Å². The first-order valence-corrected chi connectivity index (χ1v) is 4.68. The highest BCUT2D eigenvalue weighted by atomic mass is 79.9. The first kappa shape index (κ1) is 10.2. The van der Waals surface area contributed by atoms with Gasteiger partial charge in [0.05, 0.1) is 13.3 Å². The van der Waals surface area contributed by atoms with Crippen molar-refractivity contribution in [3.63, 3.8) is 0 Å². The van der Waals surface area contributed by atoms with Crippen molar-refractivity contribution < 1.29 is 9.53 Å². The Kier molecular flexibility index (Phi) is 3.08. The molecule has 0 fully saturated rings. The number of halogens is 1. The predicted octanol–water partition coefficient (Wildman–Crippen LogP) is 2.01. The van der Waals surface area contributed by atoms with Gasteiger partial charge in [0.2, 0.25) is 0 Å².